The van der Waals surface area contributed by atoms with E-state index in [2.05, 4.69) is 4.90 Å². The smallest absolute Gasteiger partial charge is 0.335 e. The third-order valence-corrected chi connectivity index (χ3v) is 7.89. The zero-order chi connectivity index (χ0) is 18.7. The quantitative estimate of drug-likeness (QED) is 0.824. The third-order valence-electron chi connectivity index (χ3n) is 6.07. The van der Waals surface area contributed by atoms with Gasteiger partial charge in [0.1, 0.15) is 0 Å². The van der Waals surface area contributed by atoms with Crippen molar-refractivity contribution >= 4 is 16.0 Å². The lowest BCUT2D eigenvalue weighted by atomic mass is 9.73. The van der Waals surface area contributed by atoms with Gasteiger partial charge in [0, 0.05) is 31.5 Å². The van der Waals surface area contributed by atoms with Gasteiger partial charge in [0.25, 0.3) is 0 Å². The molecule has 0 saturated carbocycles. The van der Waals surface area contributed by atoms with Crippen LogP contribution in [0.5, 0.6) is 0 Å². The maximum Gasteiger partial charge on any atom is 0.335 e. The molecule has 0 amide bonds. The first-order chi connectivity index (χ1) is 12.2. The van der Waals surface area contributed by atoms with Crippen LogP contribution in [0.1, 0.15) is 23.2 Å². The average molecular weight is 380 g/mol. The van der Waals surface area contributed by atoms with E-state index >= 15 is 0 Å². The van der Waals surface area contributed by atoms with Crippen molar-refractivity contribution in [2.45, 2.75) is 29.4 Å². The Hall–Kier alpha value is -1.48. The number of benzene rings is 1. The molecule has 1 N–H and O–H groups in total. The van der Waals surface area contributed by atoms with Crippen LogP contribution < -0.4 is 0 Å². The van der Waals surface area contributed by atoms with Crippen LogP contribution >= 0.6 is 0 Å². The Balaban J connectivity index is 1.59. The number of hydrogen-bond acceptors (Lipinski definition) is 5. The molecule has 2 bridgehead atoms. The van der Waals surface area contributed by atoms with Gasteiger partial charge in [0.05, 0.1) is 22.2 Å². The normalized spacial score (nSPS) is 33.7. The highest BCUT2D eigenvalue weighted by molar-refractivity contribution is 7.89. The molecule has 0 aliphatic carbocycles. The van der Waals surface area contributed by atoms with Crippen molar-refractivity contribution in [2.75, 3.05) is 33.7 Å². The van der Waals surface area contributed by atoms with Gasteiger partial charge in [-0.2, -0.15) is 4.31 Å². The van der Waals surface area contributed by atoms with Crippen LogP contribution in [0, 0.1) is 11.8 Å². The fourth-order valence-corrected chi connectivity index (χ4v) is 6.44. The molecular formula is C18H24N2O5S. The Morgan fingerprint density at radius 1 is 1.35 bits per heavy atom. The van der Waals surface area contributed by atoms with Gasteiger partial charge < -0.3 is 14.7 Å². The molecule has 3 aliphatic heterocycles. The minimum Gasteiger partial charge on any atom is -0.478 e. The van der Waals surface area contributed by atoms with Gasteiger partial charge in [-0.15, -0.1) is 0 Å². The summed E-state index contributed by atoms with van der Waals surface area (Å²) in [6.07, 6.45) is 2.15. The van der Waals surface area contributed by atoms with Crippen molar-refractivity contribution in [2.24, 2.45) is 11.8 Å². The molecule has 3 saturated heterocycles. The van der Waals surface area contributed by atoms with Crippen molar-refractivity contribution in [1.82, 2.24) is 9.21 Å². The fraction of sp³-hybridized carbons (Fsp3) is 0.611. The standard InChI is InChI=1S/C18H24N2O5S/c1-19(2)9-14-15-10-20(11-18(15)8-7-16(14)25-18)26(23,24)13-5-3-12(4-6-13)17(21)22/h3-6,14-16H,7-11H2,1-2H3,(H,21,22)/t14-,15+,16+,18+/m0/s1. The summed E-state index contributed by atoms with van der Waals surface area (Å²) in [5, 5.41) is 8.99. The number of fused-ring (bicyclic) bond motifs is 1. The maximum absolute atomic E-state index is 13.1. The monoisotopic (exact) mass is 380 g/mol. The molecule has 26 heavy (non-hydrogen) atoms. The zero-order valence-electron chi connectivity index (χ0n) is 15.0. The average Bonchev–Trinajstić information content (AvgIpc) is 3.24. The van der Waals surface area contributed by atoms with Crippen LogP contribution in [0.25, 0.3) is 0 Å². The summed E-state index contributed by atoms with van der Waals surface area (Å²) < 4.78 is 33.9. The first kappa shape index (κ1) is 17.9. The maximum atomic E-state index is 13.1. The molecule has 3 fully saturated rings. The second kappa shape index (κ2) is 6.02. The van der Waals surface area contributed by atoms with E-state index in [1.807, 2.05) is 14.1 Å². The van der Waals surface area contributed by atoms with Crippen molar-refractivity contribution in [1.29, 1.82) is 0 Å². The van der Waals surface area contributed by atoms with Crippen LogP contribution in [-0.4, -0.2) is 74.1 Å². The van der Waals surface area contributed by atoms with Gasteiger partial charge >= 0.3 is 5.97 Å². The fourth-order valence-electron chi connectivity index (χ4n) is 4.92. The number of aromatic carboxylic acids is 1. The summed E-state index contributed by atoms with van der Waals surface area (Å²) >= 11 is 0. The second-order valence-electron chi connectivity index (χ2n) is 7.92. The van der Waals surface area contributed by atoms with E-state index in [4.69, 9.17) is 9.84 Å². The second-order valence-corrected chi connectivity index (χ2v) is 9.86. The van der Waals surface area contributed by atoms with E-state index < -0.39 is 16.0 Å². The Morgan fingerprint density at radius 3 is 2.65 bits per heavy atom. The molecule has 3 aliphatic rings. The summed E-state index contributed by atoms with van der Waals surface area (Å²) in [6.45, 7) is 1.76. The number of carbonyl (C=O) groups is 1. The molecule has 0 aromatic heterocycles. The van der Waals surface area contributed by atoms with Crippen LogP contribution in [-0.2, 0) is 14.8 Å². The minimum absolute atomic E-state index is 0.0776. The Kier molecular flexibility index (Phi) is 4.15. The van der Waals surface area contributed by atoms with E-state index in [0.717, 1.165) is 19.4 Å². The topological polar surface area (TPSA) is 87.2 Å². The van der Waals surface area contributed by atoms with Crippen molar-refractivity contribution < 1.29 is 23.1 Å². The summed E-state index contributed by atoms with van der Waals surface area (Å²) in [5.41, 5.74) is -0.270. The first-order valence-corrected chi connectivity index (χ1v) is 10.3. The molecule has 7 nitrogen and oxygen atoms in total. The molecule has 4 atom stereocenters. The van der Waals surface area contributed by atoms with E-state index in [9.17, 15) is 13.2 Å². The highest BCUT2D eigenvalue weighted by Gasteiger charge is 2.64. The highest BCUT2D eigenvalue weighted by Crippen LogP contribution is 2.55. The zero-order valence-corrected chi connectivity index (χ0v) is 15.8. The SMILES string of the molecule is CN(C)C[C@H]1[C@H]2CN(S(=O)(=O)c3ccc(C(=O)O)cc3)C[C@]23CC[C@H]1O3. The lowest BCUT2D eigenvalue weighted by Gasteiger charge is -2.31. The Bertz CT molecular complexity index is 822. The predicted molar refractivity (Wildman–Crippen MR) is 94.5 cm³/mol. The predicted octanol–water partition coefficient (Wildman–Crippen LogP) is 1.11. The molecule has 1 aromatic rings. The van der Waals surface area contributed by atoms with Crippen molar-refractivity contribution in [3.63, 3.8) is 0 Å². The van der Waals surface area contributed by atoms with Crippen molar-refractivity contribution in [3.8, 4) is 0 Å². The van der Waals surface area contributed by atoms with E-state index in [-0.39, 0.29) is 28.1 Å². The van der Waals surface area contributed by atoms with Crippen LogP contribution in [0.4, 0.5) is 0 Å². The van der Waals surface area contributed by atoms with Gasteiger partial charge in [0.15, 0.2) is 0 Å². The number of rotatable bonds is 5. The first-order valence-electron chi connectivity index (χ1n) is 8.89. The molecule has 8 heteroatoms. The summed E-state index contributed by atoms with van der Waals surface area (Å²) in [5.74, 6) is -0.495. The third kappa shape index (κ3) is 2.67. The summed E-state index contributed by atoms with van der Waals surface area (Å²) in [7, 11) is 0.410. The van der Waals surface area contributed by atoms with Crippen LogP contribution in [0.3, 0.4) is 0 Å². The van der Waals surface area contributed by atoms with E-state index in [0.29, 0.717) is 19.0 Å². The number of ether oxygens (including phenoxy) is 1. The number of carboxylic acid groups (broad SMARTS) is 1. The van der Waals surface area contributed by atoms with Crippen molar-refractivity contribution in [3.05, 3.63) is 29.8 Å². The van der Waals surface area contributed by atoms with Gasteiger partial charge in [-0.1, -0.05) is 0 Å². The molecule has 0 radical (unpaired) electrons. The largest absolute Gasteiger partial charge is 0.478 e. The van der Waals surface area contributed by atoms with Gasteiger partial charge in [0.2, 0.25) is 10.0 Å². The van der Waals surface area contributed by atoms with E-state index in [1.54, 1.807) is 0 Å². The van der Waals surface area contributed by atoms with Gasteiger partial charge in [-0.3, -0.25) is 0 Å². The summed E-state index contributed by atoms with van der Waals surface area (Å²) in [4.78, 5) is 13.3. The molecule has 4 rings (SSSR count). The lowest BCUT2D eigenvalue weighted by molar-refractivity contribution is 0.00739. The number of nitrogens with zero attached hydrogens (tertiary/aromatic N) is 2. The van der Waals surface area contributed by atoms with Crippen LogP contribution in [0.2, 0.25) is 0 Å². The number of sulfonamides is 1. The van der Waals surface area contributed by atoms with Gasteiger partial charge in [-0.25, -0.2) is 13.2 Å². The number of hydrogen-bond donors (Lipinski definition) is 1. The van der Waals surface area contributed by atoms with E-state index in [1.165, 1.54) is 28.6 Å². The van der Waals surface area contributed by atoms with Crippen LogP contribution in [0.15, 0.2) is 29.2 Å². The number of carboxylic acids is 1. The Morgan fingerprint density at radius 2 is 2.04 bits per heavy atom. The molecule has 0 unspecified atom stereocenters. The minimum atomic E-state index is -3.66. The Labute approximate surface area is 153 Å². The summed E-state index contributed by atoms with van der Waals surface area (Å²) in [6, 6.07) is 5.42. The molecular weight excluding hydrogens is 356 g/mol. The molecule has 3 heterocycles. The highest BCUT2D eigenvalue weighted by atomic mass is 32.2. The molecule has 1 spiro atoms. The van der Waals surface area contributed by atoms with Gasteiger partial charge in [-0.05, 0) is 51.2 Å². The molecule has 1 aromatic carbocycles. The lowest BCUT2D eigenvalue weighted by Crippen LogP contribution is -2.40. The molecule has 142 valence electrons.